The highest BCUT2D eigenvalue weighted by atomic mass is 32.1. The molecule has 16 heavy (non-hydrogen) atoms. The van der Waals surface area contributed by atoms with Crippen LogP contribution in [0.15, 0.2) is 24.3 Å². The highest BCUT2D eigenvalue weighted by Gasteiger charge is 2.03. The van der Waals surface area contributed by atoms with E-state index >= 15 is 0 Å². The lowest BCUT2D eigenvalue weighted by atomic mass is 10.2. The molecule has 1 aromatic heterocycles. The van der Waals surface area contributed by atoms with Crippen LogP contribution in [0.2, 0.25) is 0 Å². The molecule has 2 aromatic rings. The van der Waals surface area contributed by atoms with E-state index in [9.17, 15) is 0 Å². The summed E-state index contributed by atoms with van der Waals surface area (Å²) in [5.41, 5.74) is 1.09. The average molecular weight is 251 g/mol. The maximum absolute atomic E-state index is 5.00. The lowest BCUT2D eigenvalue weighted by molar-refractivity contribution is 0.400. The number of methoxy groups -OCH3 is 1. The fraction of sp³-hybridized carbons (Fsp3) is 0.333. The summed E-state index contributed by atoms with van der Waals surface area (Å²) in [7, 11) is 1.63. The van der Waals surface area contributed by atoms with Crippen LogP contribution in [0, 0.1) is 0 Å². The largest absolute Gasteiger partial charge is 0.490 e. The third-order valence-corrected chi connectivity index (χ3v) is 3.80. The van der Waals surface area contributed by atoms with Gasteiger partial charge in [0, 0.05) is 6.42 Å². The van der Waals surface area contributed by atoms with Crippen molar-refractivity contribution in [1.82, 2.24) is 4.98 Å². The molecule has 0 fully saturated rings. The summed E-state index contributed by atoms with van der Waals surface area (Å²) < 4.78 is 6.22. The molecule has 0 aliphatic rings. The molecule has 0 spiro atoms. The molecule has 84 valence electrons. The Labute approximate surface area is 104 Å². The van der Waals surface area contributed by atoms with Crippen molar-refractivity contribution in [3.63, 3.8) is 0 Å². The molecular weight excluding hydrogens is 238 g/mol. The third-order valence-electron chi connectivity index (χ3n) is 2.34. The van der Waals surface area contributed by atoms with Crippen LogP contribution in [0.1, 0.15) is 17.8 Å². The first-order chi connectivity index (χ1) is 7.79. The minimum absolute atomic E-state index is 0.682. The number of para-hydroxylation sites is 1. The first-order valence-electron chi connectivity index (χ1n) is 5.21. The molecule has 4 heteroatoms. The predicted molar refractivity (Wildman–Crippen MR) is 72.2 cm³/mol. The standard InChI is InChI=1S/C12H13NOS2/c1-14-12(15)8-4-7-11-13-9-5-2-3-6-10(9)16-11/h2-3,5-6H,4,7-8H2,1H3. The van der Waals surface area contributed by atoms with E-state index in [0.29, 0.717) is 5.05 Å². The van der Waals surface area contributed by atoms with Gasteiger partial charge in [-0.1, -0.05) is 12.1 Å². The number of ether oxygens (including phenoxy) is 1. The number of nitrogens with zero attached hydrogens (tertiary/aromatic N) is 1. The third kappa shape index (κ3) is 2.77. The molecule has 0 bridgehead atoms. The van der Waals surface area contributed by atoms with Crippen LogP contribution in [0.3, 0.4) is 0 Å². The second-order valence-corrected chi connectivity index (χ2v) is 5.08. The van der Waals surface area contributed by atoms with Gasteiger partial charge in [-0.2, -0.15) is 0 Å². The molecular formula is C12H13NOS2. The van der Waals surface area contributed by atoms with Crippen LogP contribution in [0.4, 0.5) is 0 Å². The van der Waals surface area contributed by atoms with Gasteiger partial charge >= 0.3 is 0 Å². The molecule has 2 nitrogen and oxygen atoms in total. The van der Waals surface area contributed by atoms with E-state index in [0.717, 1.165) is 24.8 Å². The molecule has 0 saturated heterocycles. The summed E-state index contributed by atoms with van der Waals surface area (Å²) in [5, 5.41) is 1.86. The fourth-order valence-electron chi connectivity index (χ4n) is 1.51. The van der Waals surface area contributed by atoms with Crippen molar-refractivity contribution in [2.75, 3.05) is 7.11 Å². The van der Waals surface area contributed by atoms with Gasteiger partial charge in [-0.15, -0.1) is 11.3 Å². The summed E-state index contributed by atoms with van der Waals surface area (Å²) in [5.74, 6) is 0. The van der Waals surface area contributed by atoms with E-state index in [2.05, 4.69) is 17.1 Å². The van der Waals surface area contributed by atoms with Crippen LogP contribution in [0.5, 0.6) is 0 Å². The van der Waals surface area contributed by atoms with Crippen LogP contribution in [0.25, 0.3) is 10.2 Å². The van der Waals surface area contributed by atoms with Crippen molar-refractivity contribution in [2.24, 2.45) is 0 Å². The van der Waals surface area contributed by atoms with Crippen molar-refractivity contribution in [3.8, 4) is 0 Å². The van der Waals surface area contributed by atoms with Crippen LogP contribution in [-0.2, 0) is 11.2 Å². The molecule has 0 aliphatic heterocycles. The van der Waals surface area contributed by atoms with Gasteiger partial charge in [-0.05, 0) is 37.2 Å². The zero-order valence-corrected chi connectivity index (χ0v) is 10.7. The van der Waals surface area contributed by atoms with Crippen LogP contribution < -0.4 is 0 Å². The van der Waals surface area contributed by atoms with E-state index < -0.39 is 0 Å². The molecule has 0 atom stereocenters. The van der Waals surface area contributed by atoms with Gasteiger partial charge in [0.05, 0.1) is 22.3 Å². The van der Waals surface area contributed by atoms with Crippen molar-refractivity contribution in [3.05, 3.63) is 29.3 Å². The lowest BCUT2D eigenvalue weighted by Crippen LogP contribution is -1.97. The highest BCUT2D eigenvalue weighted by Crippen LogP contribution is 2.22. The van der Waals surface area contributed by atoms with E-state index in [-0.39, 0.29) is 0 Å². The predicted octanol–water partition coefficient (Wildman–Crippen LogP) is 3.59. The Kier molecular flexibility index (Phi) is 3.85. The second kappa shape index (κ2) is 5.37. The number of benzene rings is 1. The maximum Gasteiger partial charge on any atom is 0.159 e. The topological polar surface area (TPSA) is 22.1 Å². The number of aromatic nitrogens is 1. The Hall–Kier alpha value is -1.00. The van der Waals surface area contributed by atoms with Gasteiger partial charge in [-0.3, -0.25) is 0 Å². The molecule has 2 rings (SSSR count). The molecule has 0 unspecified atom stereocenters. The Morgan fingerprint density at radius 2 is 2.25 bits per heavy atom. The number of hydrogen-bond donors (Lipinski definition) is 0. The van der Waals surface area contributed by atoms with E-state index in [4.69, 9.17) is 17.0 Å². The average Bonchev–Trinajstić information content (AvgIpc) is 2.71. The van der Waals surface area contributed by atoms with Crippen molar-refractivity contribution >= 4 is 38.8 Å². The van der Waals surface area contributed by atoms with Crippen LogP contribution in [-0.4, -0.2) is 17.1 Å². The summed E-state index contributed by atoms with van der Waals surface area (Å²) in [4.78, 5) is 4.57. The van der Waals surface area contributed by atoms with Gasteiger partial charge in [0.15, 0.2) is 5.05 Å². The number of fused-ring (bicyclic) bond motifs is 1. The van der Waals surface area contributed by atoms with E-state index in [1.807, 2.05) is 12.1 Å². The number of thiazole rings is 1. The maximum atomic E-state index is 5.00. The Bertz CT molecular complexity index is 459. The van der Waals surface area contributed by atoms with Gasteiger partial charge < -0.3 is 4.74 Å². The van der Waals surface area contributed by atoms with Gasteiger partial charge in [0.2, 0.25) is 0 Å². The number of hydrogen-bond acceptors (Lipinski definition) is 4. The van der Waals surface area contributed by atoms with Crippen molar-refractivity contribution < 1.29 is 4.74 Å². The van der Waals surface area contributed by atoms with Gasteiger partial charge in [-0.25, -0.2) is 4.98 Å². The zero-order valence-electron chi connectivity index (χ0n) is 9.10. The van der Waals surface area contributed by atoms with Crippen LogP contribution >= 0.6 is 23.6 Å². The van der Waals surface area contributed by atoms with Crippen molar-refractivity contribution in [1.29, 1.82) is 0 Å². The van der Waals surface area contributed by atoms with E-state index in [1.165, 1.54) is 9.71 Å². The summed E-state index contributed by atoms with van der Waals surface area (Å²) in [6, 6.07) is 8.22. The van der Waals surface area contributed by atoms with Gasteiger partial charge in [0.25, 0.3) is 0 Å². The number of thiocarbonyl (C=S) groups is 1. The minimum Gasteiger partial charge on any atom is -0.490 e. The normalized spacial score (nSPS) is 10.6. The molecule has 0 N–H and O–H groups in total. The monoisotopic (exact) mass is 251 g/mol. The molecule has 0 amide bonds. The van der Waals surface area contributed by atoms with E-state index in [1.54, 1.807) is 18.4 Å². The molecule has 1 heterocycles. The zero-order chi connectivity index (χ0) is 11.4. The SMILES string of the molecule is COC(=S)CCCc1nc2ccccc2s1. The number of aryl methyl sites for hydroxylation is 1. The van der Waals surface area contributed by atoms with Gasteiger partial charge in [0.1, 0.15) is 0 Å². The second-order valence-electron chi connectivity index (χ2n) is 3.51. The number of rotatable bonds is 4. The fourth-order valence-corrected chi connectivity index (χ4v) is 2.67. The summed E-state index contributed by atoms with van der Waals surface area (Å²) >= 11 is 6.76. The summed E-state index contributed by atoms with van der Waals surface area (Å²) in [6.45, 7) is 0. The lowest BCUT2D eigenvalue weighted by Gasteiger charge is -1.99. The first-order valence-corrected chi connectivity index (χ1v) is 6.43. The molecule has 0 saturated carbocycles. The minimum atomic E-state index is 0.682. The Morgan fingerprint density at radius 1 is 1.44 bits per heavy atom. The van der Waals surface area contributed by atoms with Crippen molar-refractivity contribution in [2.45, 2.75) is 19.3 Å². The molecule has 0 radical (unpaired) electrons. The summed E-state index contributed by atoms with van der Waals surface area (Å²) in [6.07, 6.45) is 2.82. The molecule has 1 aromatic carbocycles. The smallest absolute Gasteiger partial charge is 0.159 e. The first kappa shape index (κ1) is 11.5. The Morgan fingerprint density at radius 3 is 3.00 bits per heavy atom. The Balaban J connectivity index is 1.97. The highest BCUT2D eigenvalue weighted by molar-refractivity contribution is 7.80. The molecule has 0 aliphatic carbocycles. The quantitative estimate of drug-likeness (QED) is 0.775.